The Kier molecular flexibility index (Phi) is 4.64. The number of hydrogen-bond acceptors (Lipinski definition) is 2. The predicted octanol–water partition coefficient (Wildman–Crippen LogP) is 4.24. The summed E-state index contributed by atoms with van der Waals surface area (Å²) < 4.78 is 0. The van der Waals surface area contributed by atoms with Crippen molar-refractivity contribution in [3.05, 3.63) is 63.6 Å². The van der Waals surface area contributed by atoms with Gasteiger partial charge < -0.3 is 11.1 Å². The maximum absolute atomic E-state index is 6.17. The van der Waals surface area contributed by atoms with E-state index < -0.39 is 0 Å². The molecule has 0 amide bonds. The fourth-order valence-corrected chi connectivity index (χ4v) is 2.11. The Morgan fingerprint density at radius 1 is 1.11 bits per heavy atom. The minimum absolute atomic E-state index is 0.339. The van der Waals surface area contributed by atoms with Crippen molar-refractivity contribution in [3.8, 4) is 0 Å². The molecule has 0 radical (unpaired) electrons. The molecule has 0 saturated heterocycles. The van der Waals surface area contributed by atoms with E-state index in [0.717, 1.165) is 21.8 Å². The van der Waals surface area contributed by atoms with Gasteiger partial charge >= 0.3 is 0 Å². The second-order valence-electron chi connectivity index (χ2n) is 4.04. The highest BCUT2D eigenvalue weighted by atomic mass is 35.5. The lowest BCUT2D eigenvalue weighted by Crippen LogP contribution is -2.09. The van der Waals surface area contributed by atoms with Crippen LogP contribution in [0.5, 0.6) is 0 Å². The first-order chi connectivity index (χ1) is 9.06. The number of nitrogens with two attached hydrogens (primary N) is 1. The summed E-state index contributed by atoms with van der Waals surface area (Å²) in [4.78, 5) is 0.339. The minimum atomic E-state index is 0.339. The molecule has 0 aliphatic carbocycles. The van der Waals surface area contributed by atoms with Crippen LogP contribution in [0.3, 0.4) is 0 Å². The Labute approximate surface area is 127 Å². The Morgan fingerprint density at radius 2 is 1.79 bits per heavy atom. The van der Waals surface area contributed by atoms with Crippen LogP contribution in [0.25, 0.3) is 0 Å². The third-order valence-electron chi connectivity index (χ3n) is 2.65. The molecule has 2 nitrogen and oxygen atoms in total. The molecule has 0 heterocycles. The van der Waals surface area contributed by atoms with Gasteiger partial charge in [0.05, 0.1) is 10.7 Å². The number of hydrogen-bond donors (Lipinski definition) is 2. The maximum atomic E-state index is 6.17. The van der Waals surface area contributed by atoms with Gasteiger partial charge in [-0.3, -0.25) is 0 Å². The highest BCUT2D eigenvalue weighted by Crippen LogP contribution is 2.23. The summed E-state index contributed by atoms with van der Waals surface area (Å²) in [5.41, 5.74) is 8.28. The Hall–Kier alpha value is -1.29. The Morgan fingerprint density at radius 3 is 2.37 bits per heavy atom. The second kappa shape index (κ2) is 6.24. The Bertz CT molecular complexity index is 597. The van der Waals surface area contributed by atoms with Crippen molar-refractivity contribution in [2.45, 2.75) is 6.54 Å². The minimum Gasteiger partial charge on any atom is -0.389 e. The largest absolute Gasteiger partial charge is 0.389 e. The summed E-state index contributed by atoms with van der Waals surface area (Å²) in [5, 5.41) is 4.58. The standard InChI is InChI=1S/C14H12Cl2N2S/c15-11-4-1-9(2-5-11)8-18-13-6-3-10(14(17)19)7-12(13)16/h1-7,18H,8H2,(H2,17,19). The number of nitrogens with one attached hydrogen (secondary N) is 1. The summed E-state index contributed by atoms with van der Waals surface area (Å²) in [6.45, 7) is 0.670. The van der Waals surface area contributed by atoms with Crippen LogP contribution in [0.2, 0.25) is 10.0 Å². The molecule has 19 heavy (non-hydrogen) atoms. The van der Waals surface area contributed by atoms with Crippen LogP contribution in [0.1, 0.15) is 11.1 Å². The van der Waals surface area contributed by atoms with Gasteiger partial charge in [-0.2, -0.15) is 0 Å². The number of anilines is 1. The van der Waals surface area contributed by atoms with E-state index in [2.05, 4.69) is 5.32 Å². The van der Waals surface area contributed by atoms with Gasteiger partial charge in [-0.15, -0.1) is 0 Å². The van der Waals surface area contributed by atoms with Crippen LogP contribution in [0.15, 0.2) is 42.5 Å². The fraction of sp³-hybridized carbons (Fsp3) is 0.0714. The lowest BCUT2D eigenvalue weighted by Gasteiger charge is -2.10. The molecule has 0 atom stereocenters. The van der Waals surface area contributed by atoms with E-state index >= 15 is 0 Å². The smallest absolute Gasteiger partial charge is 0.104 e. The average Bonchev–Trinajstić information content (AvgIpc) is 2.39. The van der Waals surface area contributed by atoms with E-state index in [-0.39, 0.29) is 0 Å². The van der Waals surface area contributed by atoms with Crippen LogP contribution < -0.4 is 11.1 Å². The molecule has 2 rings (SSSR count). The first-order valence-electron chi connectivity index (χ1n) is 5.64. The van der Waals surface area contributed by atoms with Crippen LogP contribution in [-0.2, 0) is 6.54 Å². The number of halogens is 2. The third kappa shape index (κ3) is 3.83. The highest BCUT2D eigenvalue weighted by Gasteiger charge is 2.03. The molecule has 2 aromatic carbocycles. The van der Waals surface area contributed by atoms with Crippen LogP contribution >= 0.6 is 35.4 Å². The van der Waals surface area contributed by atoms with Gasteiger partial charge in [0.15, 0.2) is 0 Å². The van der Waals surface area contributed by atoms with E-state index in [1.807, 2.05) is 36.4 Å². The first-order valence-corrected chi connectivity index (χ1v) is 6.80. The maximum Gasteiger partial charge on any atom is 0.104 e. The van der Waals surface area contributed by atoms with Crippen LogP contribution in [0, 0.1) is 0 Å². The van der Waals surface area contributed by atoms with Gasteiger partial charge in [0, 0.05) is 17.1 Å². The molecule has 5 heteroatoms. The predicted molar refractivity (Wildman–Crippen MR) is 86.1 cm³/mol. The van der Waals surface area contributed by atoms with Crippen molar-refractivity contribution in [2.75, 3.05) is 5.32 Å². The first kappa shape index (κ1) is 14.1. The monoisotopic (exact) mass is 310 g/mol. The zero-order valence-corrected chi connectivity index (χ0v) is 12.3. The zero-order chi connectivity index (χ0) is 13.8. The Balaban J connectivity index is 2.07. The fourth-order valence-electron chi connectivity index (χ4n) is 1.61. The SMILES string of the molecule is NC(=S)c1ccc(NCc2ccc(Cl)cc2)c(Cl)c1. The molecule has 2 aromatic rings. The van der Waals surface area contributed by atoms with E-state index in [0.29, 0.717) is 16.6 Å². The van der Waals surface area contributed by atoms with Gasteiger partial charge in [-0.1, -0.05) is 47.6 Å². The van der Waals surface area contributed by atoms with Gasteiger partial charge in [-0.25, -0.2) is 0 Å². The lowest BCUT2D eigenvalue weighted by molar-refractivity contribution is 1.15. The lowest BCUT2D eigenvalue weighted by atomic mass is 10.2. The molecule has 0 fully saturated rings. The number of rotatable bonds is 4. The zero-order valence-electron chi connectivity index (χ0n) is 9.99. The van der Waals surface area contributed by atoms with Crippen LogP contribution in [0.4, 0.5) is 5.69 Å². The van der Waals surface area contributed by atoms with E-state index in [1.165, 1.54) is 0 Å². The van der Waals surface area contributed by atoms with Crippen molar-refractivity contribution in [2.24, 2.45) is 5.73 Å². The topological polar surface area (TPSA) is 38.0 Å². The van der Waals surface area contributed by atoms with Gasteiger partial charge in [0.25, 0.3) is 0 Å². The summed E-state index contributed by atoms with van der Waals surface area (Å²) >= 11 is 16.9. The molecule has 0 aliphatic rings. The molecule has 0 bridgehead atoms. The number of thiocarbonyl (C=S) groups is 1. The second-order valence-corrected chi connectivity index (χ2v) is 5.32. The molecular weight excluding hydrogens is 299 g/mol. The average molecular weight is 311 g/mol. The summed E-state index contributed by atoms with van der Waals surface area (Å²) in [6.07, 6.45) is 0. The summed E-state index contributed by atoms with van der Waals surface area (Å²) in [5.74, 6) is 0. The molecule has 0 spiro atoms. The van der Waals surface area contributed by atoms with Crippen molar-refractivity contribution >= 4 is 46.1 Å². The van der Waals surface area contributed by atoms with Crippen molar-refractivity contribution in [1.82, 2.24) is 0 Å². The van der Waals surface area contributed by atoms with Crippen LogP contribution in [-0.4, -0.2) is 4.99 Å². The van der Waals surface area contributed by atoms with Gasteiger partial charge in [0.1, 0.15) is 4.99 Å². The quantitative estimate of drug-likeness (QED) is 0.830. The van der Waals surface area contributed by atoms with Crippen molar-refractivity contribution < 1.29 is 0 Å². The highest BCUT2D eigenvalue weighted by molar-refractivity contribution is 7.80. The molecule has 3 N–H and O–H groups in total. The van der Waals surface area contributed by atoms with E-state index in [4.69, 9.17) is 41.2 Å². The van der Waals surface area contributed by atoms with Gasteiger partial charge in [-0.05, 0) is 35.9 Å². The third-order valence-corrected chi connectivity index (χ3v) is 3.45. The molecule has 0 saturated carbocycles. The van der Waals surface area contributed by atoms with Crippen molar-refractivity contribution in [1.29, 1.82) is 0 Å². The summed E-state index contributed by atoms with van der Waals surface area (Å²) in [7, 11) is 0. The molecule has 98 valence electrons. The number of benzene rings is 2. The molecule has 0 unspecified atom stereocenters. The van der Waals surface area contributed by atoms with E-state index in [9.17, 15) is 0 Å². The van der Waals surface area contributed by atoms with E-state index in [1.54, 1.807) is 6.07 Å². The molecule has 0 aliphatic heterocycles. The van der Waals surface area contributed by atoms with Crippen molar-refractivity contribution in [3.63, 3.8) is 0 Å². The normalized spacial score (nSPS) is 10.2. The summed E-state index contributed by atoms with van der Waals surface area (Å²) in [6, 6.07) is 13.1. The molecule has 0 aromatic heterocycles. The van der Waals surface area contributed by atoms with Gasteiger partial charge in [0.2, 0.25) is 0 Å². The molecular formula is C14H12Cl2N2S.